The van der Waals surface area contributed by atoms with E-state index in [-0.39, 0.29) is 6.10 Å². The lowest BCUT2D eigenvalue weighted by Gasteiger charge is -2.25. The van der Waals surface area contributed by atoms with Crippen molar-refractivity contribution < 1.29 is 19.3 Å². The molecule has 2 rings (SSSR count). The number of hydrogen-bond acceptors (Lipinski definition) is 5. The number of nitrogens with zero attached hydrogens (tertiary/aromatic N) is 1. The predicted molar refractivity (Wildman–Crippen MR) is 89.4 cm³/mol. The number of hydrogen-bond donors (Lipinski definition) is 1. The van der Waals surface area contributed by atoms with Gasteiger partial charge < -0.3 is 19.3 Å². The van der Waals surface area contributed by atoms with Crippen molar-refractivity contribution in [3.8, 4) is 0 Å². The second-order valence-corrected chi connectivity index (χ2v) is 6.04. The van der Waals surface area contributed by atoms with Crippen LogP contribution in [0.2, 0.25) is 0 Å². The Balaban J connectivity index is 1.71. The number of aliphatic hydroxyl groups excluding tert-OH is 1. The van der Waals surface area contributed by atoms with E-state index in [1.807, 2.05) is 18.2 Å². The number of benzene rings is 1. The van der Waals surface area contributed by atoms with E-state index in [1.54, 1.807) is 7.11 Å². The molecule has 1 saturated heterocycles. The fourth-order valence-electron chi connectivity index (χ4n) is 2.76. The van der Waals surface area contributed by atoms with Gasteiger partial charge in [0.2, 0.25) is 0 Å². The van der Waals surface area contributed by atoms with Gasteiger partial charge in [-0.05, 0) is 18.4 Å². The molecule has 1 N–H and O–H groups in total. The zero-order valence-corrected chi connectivity index (χ0v) is 14.0. The largest absolute Gasteiger partial charge is 0.389 e. The number of rotatable bonds is 11. The topological polar surface area (TPSA) is 51.2 Å². The highest BCUT2D eigenvalue weighted by Crippen LogP contribution is 2.12. The lowest BCUT2D eigenvalue weighted by Crippen LogP contribution is -2.37. The van der Waals surface area contributed by atoms with Gasteiger partial charge in [0.1, 0.15) is 0 Å². The Kier molecular flexibility index (Phi) is 8.57. The van der Waals surface area contributed by atoms with Gasteiger partial charge in [-0.15, -0.1) is 0 Å². The van der Waals surface area contributed by atoms with E-state index >= 15 is 0 Å². The third-order valence-corrected chi connectivity index (χ3v) is 3.97. The molecule has 1 heterocycles. The summed E-state index contributed by atoms with van der Waals surface area (Å²) >= 11 is 0. The van der Waals surface area contributed by atoms with Gasteiger partial charge in [-0.3, -0.25) is 4.90 Å². The Bertz CT molecular complexity index is 409. The van der Waals surface area contributed by atoms with Crippen LogP contribution >= 0.6 is 0 Å². The molecule has 1 aromatic rings. The summed E-state index contributed by atoms with van der Waals surface area (Å²) in [6.07, 6.45) is 1.87. The maximum Gasteiger partial charge on any atom is 0.0900 e. The molecule has 5 heteroatoms. The summed E-state index contributed by atoms with van der Waals surface area (Å²) in [7, 11) is 1.70. The summed E-state index contributed by atoms with van der Waals surface area (Å²) in [5, 5.41) is 10.2. The first kappa shape index (κ1) is 18.4. The maximum absolute atomic E-state index is 10.2. The molecule has 0 aromatic heterocycles. The molecule has 0 bridgehead atoms. The highest BCUT2D eigenvalue weighted by Gasteiger charge is 2.17. The summed E-state index contributed by atoms with van der Waals surface area (Å²) in [6, 6.07) is 10.3. The smallest absolute Gasteiger partial charge is 0.0900 e. The van der Waals surface area contributed by atoms with Crippen LogP contribution in [0.1, 0.15) is 18.4 Å². The van der Waals surface area contributed by atoms with Crippen molar-refractivity contribution in [2.24, 2.45) is 0 Å². The van der Waals surface area contributed by atoms with Crippen molar-refractivity contribution >= 4 is 0 Å². The van der Waals surface area contributed by atoms with Crippen LogP contribution < -0.4 is 0 Å². The van der Waals surface area contributed by atoms with Gasteiger partial charge in [-0.2, -0.15) is 0 Å². The third kappa shape index (κ3) is 7.42. The summed E-state index contributed by atoms with van der Waals surface area (Å²) in [4.78, 5) is 2.19. The number of methoxy groups -OCH3 is 1. The summed E-state index contributed by atoms with van der Waals surface area (Å²) < 4.78 is 16.3. The van der Waals surface area contributed by atoms with Crippen molar-refractivity contribution in [2.75, 3.05) is 46.6 Å². The Hall–Kier alpha value is -0.980. The zero-order valence-electron chi connectivity index (χ0n) is 14.0. The lowest BCUT2D eigenvalue weighted by atomic mass is 10.2. The normalized spacial score (nSPS) is 19.3. The minimum atomic E-state index is -0.503. The highest BCUT2D eigenvalue weighted by atomic mass is 16.5. The van der Waals surface area contributed by atoms with Crippen LogP contribution in [0.15, 0.2) is 30.3 Å². The molecule has 23 heavy (non-hydrogen) atoms. The van der Waals surface area contributed by atoms with E-state index in [2.05, 4.69) is 17.0 Å². The molecular formula is C18H29NO4. The monoisotopic (exact) mass is 323 g/mol. The minimum Gasteiger partial charge on any atom is -0.389 e. The van der Waals surface area contributed by atoms with Gasteiger partial charge in [-0.25, -0.2) is 0 Å². The van der Waals surface area contributed by atoms with Gasteiger partial charge in [0.25, 0.3) is 0 Å². The van der Waals surface area contributed by atoms with Gasteiger partial charge in [0.15, 0.2) is 0 Å². The fourth-order valence-corrected chi connectivity index (χ4v) is 2.76. The van der Waals surface area contributed by atoms with Crippen molar-refractivity contribution in [2.45, 2.75) is 31.6 Å². The van der Waals surface area contributed by atoms with Crippen molar-refractivity contribution in [1.82, 2.24) is 4.90 Å². The first-order chi connectivity index (χ1) is 11.3. The Morgan fingerprint density at radius 2 is 2.17 bits per heavy atom. The molecule has 0 amide bonds. The molecule has 1 aromatic carbocycles. The van der Waals surface area contributed by atoms with Crippen LogP contribution in [0, 0.1) is 0 Å². The third-order valence-electron chi connectivity index (χ3n) is 3.97. The van der Waals surface area contributed by atoms with E-state index < -0.39 is 6.10 Å². The standard InChI is InChI=1S/C18H29NO4/c1-21-11-9-19(12-16-6-3-2-4-7-16)13-17(20)14-22-15-18-8-5-10-23-18/h2-4,6-7,17-18,20H,5,8-15H2,1H3/t17-,18+/m0/s1. The Morgan fingerprint density at radius 1 is 1.35 bits per heavy atom. The molecule has 0 spiro atoms. The van der Waals surface area contributed by atoms with Crippen molar-refractivity contribution in [1.29, 1.82) is 0 Å². The van der Waals surface area contributed by atoms with E-state index in [0.29, 0.717) is 26.4 Å². The maximum atomic E-state index is 10.2. The van der Waals surface area contributed by atoms with Gasteiger partial charge >= 0.3 is 0 Å². The number of ether oxygens (including phenoxy) is 3. The quantitative estimate of drug-likeness (QED) is 0.672. The molecule has 0 radical (unpaired) electrons. The highest BCUT2D eigenvalue weighted by molar-refractivity contribution is 5.14. The van der Waals surface area contributed by atoms with Crippen LogP contribution in [-0.2, 0) is 20.8 Å². The van der Waals surface area contributed by atoms with Gasteiger partial charge in [0, 0.05) is 33.4 Å². The zero-order chi connectivity index (χ0) is 16.3. The molecule has 0 unspecified atom stereocenters. The van der Waals surface area contributed by atoms with Crippen LogP contribution in [0.4, 0.5) is 0 Å². The van der Waals surface area contributed by atoms with E-state index in [0.717, 1.165) is 32.5 Å². The van der Waals surface area contributed by atoms with E-state index in [1.165, 1.54) is 5.56 Å². The summed E-state index contributed by atoms with van der Waals surface area (Å²) in [5.41, 5.74) is 1.23. The van der Waals surface area contributed by atoms with Gasteiger partial charge in [0.05, 0.1) is 32.0 Å². The average molecular weight is 323 g/mol. The SMILES string of the molecule is COCCN(Cc1ccccc1)C[C@H](O)COC[C@H]1CCCO1. The van der Waals surface area contributed by atoms with E-state index in [9.17, 15) is 5.11 Å². The first-order valence-electron chi connectivity index (χ1n) is 8.40. The molecule has 130 valence electrons. The molecule has 1 aliphatic rings. The van der Waals surface area contributed by atoms with E-state index in [4.69, 9.17) is 14.2 Å². The van der Waals surface area contributed by atoms with Crippen molar-refractivity contribution in [3.63, 3.8) is 0 Å². The van der Waals surface area contributed by atoms with Crippen LogP contribution in [-0.4, -0.2) is 68.8 Å². The Labute approximate surface area is 139 Å². The molecule has 1 aliphatic heterocycles. The van der Waals surface area contributed by atoms with Crippen molar-refractivity contribution in [3.05, 3.63) is 35.9 Å². The second kappa shape index (κ2) is 10.7. The number of aliphatic hydroxyl groups is 1. The van der Waals surface area contributed by atoms with Crippen LogP contribution in [0.25, 0.3) is 0 Å². The lowest BCUT2D eigenvalue weighted by molar-refractivity contribution is -0.0271. The van der Waals surface area contributed by atoms with Crippen LogP contribution in [0.3, 0.4) is 0 Å². The second-order valence-electron chi connectivity index (χ2n) is 6.04. The first-order valence-corrected chi connectivity index (χ1v) is 8.40. The molecule has 2 atom stereocenters. The molecule has 1 fully saturated rings. The summed E-state index contributed by atoms with van der Waals surface area (Å²) in [5.74, 6) is 0. The average Bonchev–Trinajstić information content (AvgIpc) is 3.07. The molecule has 0 saturated carbocycles. The predicted octanol–water partition coefficient (Wildman–Crippen LogP) is 1.69. The Morgan fingerprint density at radius 3 is 2.87 bits per heavy atom. The fraction of sp³-hybridized carbons (Fsp3) is 0.667. The van der Waals surface area contributed by atoms with Gasteiger partial charge in [-0.1, -0.05) is 30.3 Å². The summed E-state index contributed by atoms with van der Waals surface area (Å²) in [6.45, 7) is 4.56. The minimum absolute atomic E-state index is 0.205. The molecular weight excluding hydrogens is 294 g/mol. The van der Waals surface area contributed by atoms with Crippen LogP contribution in [0.5, 0.6) is 0 Å². The molecule has 0 aliphatic carbocycles. The molecule has 5 nitrogen and oxygen atoms in total.